The van der Waals surface area contributed by atoms with Crippen molar-refractivity contribution in [2.75, 3.05) is 0 Å². The van der Waals surface area contributed by atoms with Crippen LogP contribution in [0.4, 0.5) is 8.78 Å². The van der Waals surface area contributed by atoms with Gasteiger partial charge >= 0.3 is 5.97 Å². The van der Waals surface area contributed by atoms with Gasteiger partial charge in [0.2, 0.25) is 0 Å². The summed E-state index contributed by atoms with van der Waals surface area (Å²) in [5, 5.41) is 23.4. The number of nitrogens with one attached hydrogen (secondary N) is 1. The molecule has 0 bridgehead atoms. The number of benzene rings is 2. The summed E-state index contributed by atoms with van der Waals surface area (Å²) in [6.45, 7) is 5.79. The average molecular weight is 467 g/mol. The Kier molecular flexibility index (Phi) is 6.35. The average Bonchev–Trinajstić information content (AvgIpc) is 2.98. The molecule has 2 aromatic rings. The quantitative estimate of drug-likeness (QED) is 0.568. The summed E-state index contributed by atoms with van der Waals surface area (Å²) in [4.78, 5) is 12.2. The van der Waals surface area contributed by atoms with Gasteiger partial charge in [-0.05, 0) is 41.7 Å². The second-order valence-corrected chi connectivity index (χ2v) is 9.90. The Hall–Kier alpha value is -2.20. The Morgan fingerprint density at radius 3 is 2.45 bits per heavy atom. The predicted octanol–water partition coefficient (Wildman–Crippen LogP) is 5.68. The number of nitriles is 1. The van der Waals surface area contributed by atoms with E-state index in [2.05, 4.69) is 11.4 Å². The van der Waals surface area contributed by atoms with Crippen molar-refractivity contribution in [1.29, 1.82) is 5.26 Å². The van der Waals surface area contributed by atoms with Gasteiger partial charge in [-0.15, -0.1) is 0 Å². The van der Waals surface area contributed by atoms with Crippen LogP contribution in [0.1, 0.15) is 44.2 Å². The lowest BCUT2D eigenvalue weighted by molar-refractivity contribution is -0.139. The molecule has 1 saturated heterocycles. The van der Waals surface area contributed by atoms with Gasteiger partial charge in [-0.3, -0.25) is 10.1 Å². The summed E-state index contributed by atoms with van der Waals surface area (Å²) >= 11 is 11.9. The van der Waals surface area contributed by atoms with Crippen LogP contribution in [0, 0.1) is 28.4 Å². The Labute approximate surface area is 189 Å². The first-order valence-corrected chi connectivity index (χ1v) is 10.5. The van der Waals surface area contributed by atoms with Gasteiger partial charge in [0.1, 0.15) is 23.1 Å². The van der Waals surface area contributed by atoms with E-state index < -0.39 is 46.0 Å². The van der Waals surface area contributed by atoms with Crippen molar-refractivity contribution in [3.05, 3.63) is 69.2 Å². The lowest BCUT2D eigenvalue weighted by atomic mass is 9.63. The van der Waals surface area contributed by atoms with Crippen LogP contribution in [0.5, 0.6) is 0 Å². The van der Waals surface area contributed by atoms with Gasteiger partial charge in [0, 0.05) is 22.5 Å². The molecule has 0 spiro atoms. The number of halogens is 4. The fourth-order valence-electron chi connectivity index (χ4n) is 4.53. The zero-order chi connectivity index (χ0) is 23.1. The van der Waals surface area contributed by atoms with Crippen LogP contribution in [-0.4, -0.2) is 23.2 Å². The second kappa shape index (κ2) is 8.38. The van der Waals surface area contributed by atoms with Gasteiger partial charge in [0.15, 0.2) is 0 Å². The standard InChI is InChI=1S/C23H22Cl2F2N2O2/c1-22(2,3)10-18-23(11-28,14-8-17(27)15(25)9-16(14)26)19(20(29-18)21(30)31)12-5-4-6-13(24)7-12/h4-9,18-20,29H,10H2,1-3H3,(H,30,31). The number of aliphatic carboxylic acids is 1. The van der Waals surface area contributed by atoms with Crippen molar-refractivity contribution in [3.63, 3.8) is 0 Å². The van der Waals surface area contributed by atoms with E-state index >= 15 is 4.39 Å². The highest BCUT2D eigenvalue weighted by Gasteiger charge is 2.60. The second-order valence-electron chi connectivity index (χ2n) is 9.06. The van der Waals surface area contributed by atoms with E-state index in [1.54, 1.807) is 24.3 Å². The molecule has 1 aliphatic heterocycles. The van der Waals surface area contributed by atoms with Crippen LogP contribution in [0.15, 0.2) is 36.4 Å². The van der Waals surface area contributed by atoms with E-state index in [0.717, 1.165) is 12.1 Å². The smallest absolute Gasteiger partial charge is 0.321 e. The minimum Gasteiger partial charge on any atom is -0.480 e. The van der Waals surface area contributed by atoms with E-state index in [9.17, 15) is 19.6 Å². The van der Waals surface area contributed by atoms with Crippen molar-refractivity contribution in [2.24, 2.45) is 5.41 Å². The largest absolute Gasteiger partial charge is 0.480 e. The van der Waals surface area contributed by atoms with E-state index in [1.165, 1.54) is 0 Å². The molecule has 8 heteroatoms. The molecule has 0 radical (unpaired) electrons. The normalized spacial score (nSPS) is 25.9. The van der Waals surface area contributed by atoms with Gasteiger partial charge < -0.3 is 5.11 Å². The number of carboxylic acids is 1. The van der Waals surface area contributed by atoms with Crippen molar-refractivity contribution >= 4 is 29.2 Å². The van der Waals surface area contributed by atoms with Crippen LogP contribution in [0.2, 0.25) is 10.0 Å². The van der Waals surface area contributed by atoms with Crippen LogP contribution < -0.4 is 5.32 Å². The van der Waals surface area contributed by atoms with E-state index in [4.69, 9.17) is 23.2 Å². The highest BCUT2D eigenvalue weighted by atomic mass is 35.5. The molecule has 3 rings (SSSR count). The first-order chi connectivity index (χ1) is 14.4. The van der Waals surface area contributed by atoms with E-state index in [0.29, 0.717) is 17.0 Å². The highest BCUT2D eigenvalue weighted by Crippen LogP contribution is 2.52. The van der Waals surface area contributed by atoms with Crippen molar-refractivity contribution in [2.45, 2.75) is 50.6 Å². The van der Waals surface area contributed by atoms with Gasteiger partial charge in [-0.1, -0.05) is 56.1 Å². The van der Waals surface area contributed by atoms with Crippen molar-refractivity contribution in [1.82, 2.24) is 5.32 Å². The molecule has 0 aliphatic carbocycles. The predicted molar refractivity (Wildman–Crippen MR) is 115 cm³/mol. The minimum atomic E-state index is -1.73. The minimum absolute atomic E-state index is 0.229. The summed E-state index contributed by atoms with van der Waals surface area (Å²) in [6.07, 6.45) is 0.338. The number of rotatable bonds is 4. The van der Waals surface area contributed by atoms with E-state index in [-0.39, 0.29) is 11.0 Å². The molecular formula is C23H22Cl2F2N2O2. The summed E-state index contributed by atoms with van der Waals surface area (Å²) in [7, 11) is 0. The Balaban J connectivity index is 2.37. The molecule has 164 valence electrons. The molecule has 0 saturated carbocycles. The van der Waals surface area contributed by atoms with Crippen LogP contribution in [0.3, 0.4) is 0 Å². The van der Waals surface area contributed by atoms with Crippen molar-refractivity contribution < 1.29 is 18.7 Å². The highest BCUT2D eigenvalue weighted by molar-refractivity contribution is 6.31. The number of hydrogen-bond acceptors (Lipinski definition) is 3. The number of hydrogen-bond donors (Lipinski definition) is 2. The van der Waals surface area contributed by atoms with Crippen LogP contribution in [-0.2, 0) is 10.2 Å². The maximum absolute atomic E-state index is 15.2. The molecule has 1 aliphatic rings. The lowest BCUT2D eigenvalue weighted by Crippen LogP contribution is -2.44. The van der Waals surface area contributed by atoms with Gasteiger partial charge in [0.05, 0.1) is 11.1 Å². The molecule has 2 aromatic carbocycles. The van der Waals surface area contributed by atoms with Gasteiger partial charge in [0.25, 0.3) is 0 Å². The zero-order valence-electron chi connectivity index (χ0n) is 17.2. The molecule has 0 amide bonds. The van der Waals surface area contributed by atoms with Crippen LogP contribution >= 0.6 is 23.2 Å². The summed E-state index contributed by atoms with van der Waals surface area (Å²) < 4.78 is 29.7. The molecule has 1 heterocycles. The summed E-state index contributed by atoms with van der Waals surface area (Å²) in [6, 6.07) is 8.36. The number of nitrogens with zero attached hydrogens (tertiary/aromatic N) is 1. The number of carboxylic acid groups (broad SMARTS) is 1. The Morgan fingerprint density at radius 2 is 1.90 bits per heavy atom. The van der Waals surface area contributed by atoms with Gasteiger partial charge in [-0.2, -0.15) is 5.26 Å². The summed E-state index contributed by atoms with van der Waals surface area (Å²) in [5.41, 5.74) is -1.85. The zero-order valence-corrected chi connectivity index (χ0v) is 18.7. The maximum Gasteiger partial charge on any atom is 0.321 e. The molecule has 0 aromatic heterocycles. The third-order valence-corrected chi connectivity index (χ3v) is 6.21. The first kappa shape index (κ1) is 23.5. The fraction of sp³-hybridized carbons (Fsp3) is 0.391. The molecule has 1 fully saturated rings. The molecule has 4 nitrogen and oxygen atoms in total. The SMILES string of the molecule is CC(C)(C)CC1NC(C(=O)O)C(c2cccc(Cl)c2)C1(C#N)c1cc(F)c(Cl)cc1F. The third kappa shape index (κ3) is 4.27. The maximum atomic E-state index is 15.2. The Bertz CT molecular complexity index is 1060. The molecule has 4 unspecified atom stereocenters. The van der Waals surface area contributed by atoms with Crippen molar-refractivity contribution in [3.8, 4) is 6.07 Å². The monoisotopic (exact) mass is 466 g/mol. The fourth-order valence-corrected chi connectivity index (χ4v) is 4.88. The molecule has 2 N–H and O–H groups in total. The Morgan fingerprint density at radius 1 is 1.23 bits per heavy atom. The third-order valence-electron chi connectivity index (χ3n) is 5.69. The van der Waals surface area contributed by atoms with E-state index in [1.807, 2.05) is 20.8 Å². The molecular weight excluding hydrogens is 445 g/mol. The molecule has 31 heavy (non-hydrogen) atoms. The van der Waals surface area contributed by atoms with Crippen LogP contribution in [0.25, 0.3) is 0 Å². The topological polar surface area (TPSA) is 73.1 Å². The lowest BCUT2D eigenvalue weighted by Gasteiger charge is -2.37. The summed E-state index contributed by atoms with van der Waals surface area (Å²) in [5.74, 6) is -3.98. The first-order valence-electron chi connectivity index (χ1n) is 9.71. The molecule has 4 atom stereocenters. The van der Waals surface area contributed by atoms with Gasteiger partial charge in [-0.25, -0.2) is 8.78 Å². The number of carbonyl (C=O) groups is 1.